The topological polar surface area (TPSA) is 78.7 Å². The number of nitrogens with one attached hydrogen (secondary N) is 1. The summed E-state index contributed by atoms with van der Waals surface area (Å²) in [5, 5.41) is 2.89. The van der Waals surface area contributed by atoms with Gasteiger partial charge in [0.2, 0.25) is 11.8 Å². The van der Waals surface area contributed by atoms with Gasteiger partial charge in [-0.25, -0.2) is 4.98 Å². The van der Waals surface area contributed by atoms with Crippen molar-refractivity contribution < 1.29 is 14.0 Å². The molecule has 1 aliphatic rings. The largest absolute Gasteiger partial charge is 0.441 e. The first-order valence-corrected chi connectivity index (χ1v) is 12.3. The number of hydrogen-bond acceptors (Lipinski definition) is 6. The molecule has 35 heavy (non-hydrogen) atoms. The van der Waals surface area contributed by atoms with Crippen LogP contribution in [0.1, 0.15) is 29.0 Å². The first-order valence-electron chi connectivity index (χ1n) is 12.3. The predicted molar refractivity (Wildman–Crippen MR) is 136 cm³/mol. The highest BCUT2D eigenvalue weighted by molar-refractivity contribution is 5.98. The van der Waals surface area contributed by atoms with Crippen LogP contribution in [0.3, 0.4) is 0 Å². The summed E-state index contributed by atoms with van der Waals surface area (Å²) in [5.74, 6) is 0.725. The van der Waals surface area contributed by atoms with E-state index in [2.05, 4.69) is 44.4 Å². The first-order chi connectivity index (χ1) is 17.0. The Morgan fingerprint density at radius 1 is 0.943 bits per heavy atom. The summed E-state index contributed by atoms with van der Waals surface area (Å²) in [6.45, 7) is 10.1. The Labute approximate surface area is 207 Å². The Morgan fingerprint density at radius 3 is 2.37 bits per heavy atom. The molecule has 1 saturated heterocycles. The number of oxazole rings is 1. The van der Waals surface area contributed by atoms with Crippen molar-refractivity contribution in [2.24, 2.45) is 0 Å². The van der Waals surface area contributed by atoms with E-state index in [0.29, 0.717) is 23.9 Å². The molecule has 1 aliphatic heterocycles. The van der Waals surface area contributed by atoms with Crippen molar-refractivity contribution in [3.8, 4) is 11.5 Å². The van der Waals surface area contributed by atoms with Crippen molar-refractivity contribution in [3.05, 3.63) is 77.2 Å². The van der Waals surface area contributed by atoms with Crippen LogP contribution in [0.4, 0.5) is 0 Å². The molecule has 0 aliphatic carbocycles. The third kappa shape index (κ3) is 7.10. The molecule has 0 unspecified atom stereocenters. The molecule has 4 rings (SSSR count). The number of piperazine rings is 1. The van der Waals surface area contributed by atoms with E-state index >= 15 is 0 Å². The SMILES string of the molecule is Cc1ccccc1-c1nc(CC(=O)CC(=O)NCCN2CCN(Cc3ccccc3)CC2)c(C)o1. The van der Waals surface area contributed by atoms with Gasteiger partial charge in [0, 0.05) is 51.4 Å². The van der Waals surface area contributed by atoms with Crippen LogP contribution in [0.5, 0.6) is 0 Å². The summed E-state index contributed by atoms with van der Waals surface area (Å²) in [6.07, 6.45) is -0.0468. The lowest BCUT2D eigenvalue weighted by Crippen LogP contribution is -2.48. The second kappa shape index (κ2) is 11.9. The Balaban J connectivity index is 1.15. The van der Waals surface area contributed by atoms with E-state index in [1.165, 1.54) is 5.56 Å². The van der Waals surface area contributed by atoms with Crippen molar-refractivity contribution in [1.29, 1.82) is 0 Å². The lowest BCUT2D eigenvalue weighted by Gasteiger charge is -2.34. The zero-order valence-corrected chi connectivity index (χ0v) is 20.6. The summed E-state index contributed by atoms with van der Waals surface area (Å²) in [6, 6.07) is 18.4. The molecule has 0 saturated carbocycles. The molecule has 184 valence electrons. The summed E-state index contributed by atoms with van der Waals surface area (Å²) in [4.78, 5) is 34.1. The maximum absolute atomic E-state index is 12.5. The van der Waals surface area contributed by atoms with E-state index < -0.39 is 0 Å². The zero-order chi connectivity index (χ0) is 24.6. The highest BCUT2D eigenvalue weighted by atomic mass is 16.4. The molecule has 0 radical (unpaired) electrons. The van der Waals surface area contributed by atoms with Crippen LogP contribution in [-0.4, -0.2) is 65.7 Å². The highest BCUT2D eigenvalue weighted by Crippen LogP contribution is 2.25. The van der Waals surface area contributed by atoms with Gasteiger partial charge in [-0.3, -0.25) is 19.4 Å². The molecule has 0 atom stereocenters. The van der Waals surface area contributed by atoms with E-state index in [9.17, 15) is 9.59 Å². The summed E-state index contributed by atoms with van der Waals surface area (Å²) in [7, 11) is 0. The van der Waals surface area contributed by atoms with Crippen molar-refractivity contribution >= 4 is 11.7 Å². The quantitative estimate of drug-likeness (QED) is 0.454. The standard InChI is InChI=1S/C28H34N4O3/c1-21-8-6-7-11-25(21)28-30-26(22(2)35-28)18-24(33)19-27(34)29-12-13-31-14-16-32(17-15-31)20-23-9-4-3-5-10-23/h3-11H,12-20H2,1-2H3,(H,29,34). The van der Waals surface area contributed by atoms with E-state index in [4.69, 9.17) is 4.42 Å². The number of nitrogens with zero attached hydrogens (tertiary/aromatic N) is 3. The van der Waals surface area contributed by atoms with Gasteiger partial charge < -0.3 is 9.73 Å². The maximum atomic E-state index is 12.5. The molecule has 1 N–H and O–H groups in total. The van der Waals surface area contributed by atoms with E-state index in [1.807, 2.05) is 37.3 Å². The van der Waals surface area contributed by atoms with Gasteiger partial charge >= 0.3 is 0 Å². The van der Waals surface area contributed by atoms with Crippen molar-refractivity contribution in [3.63, 3.8) is 0 Å². The lowest BCUT2D eigenvalue weighted by atomic mass is 10.1. The van der Waals surface area contributed by atoms with Gasteiger partial charge in [0.15, 0.2) is 0 Å². The van der Waals surface area contributed by atoms with Gasteiger partial charge in [0.05, 0.1) is 18.5 Å². The number of aromatic nitrogens is 1. The highest BCUT2D eigenvalue weighted by Gasteiger charge is 2.19. The normalized spacial score (nSPS) is 14.7. The van der Waals surface area contributed by atoms with Crippen LogP contribution in [0.15, 0.2) is 59.0 Å². The maximum Gasteiger partial charge on any atom is 0.227 e. The van der Waals surface area contributed by atoms with Crippen molar-refractivity contribution in [2.75, 3.05) is 39.3 Å². The van der Waals surface area contributed by atoms with Crippen LogP contribution in [0, 0.1) is 13.8 Å². The molecule has 0 bridgehead atoms. The summed E-state index contributed by atoms with van der Waals surface area (Å²) in [5.41, 5.74) is 3.90. The van der Waals surface area contributed by atoms with Gasteiger partial charge in [0.25, 0.3) is 0 Å². The van der Waals surface area contributed by atoms with Gasteiger partial charge in [-0.2, -0.15) is 0 Å². The number of carbonyl (C=O) groups excluding carboxylic acids is 2. The van der Waals surface area contributed by atoms with Crippen LogP contribution in [-0.2, 0) is 22.6 Å². The Bertz CT molecular complexity index is 1130. The fourth-order valence-corrected chi connectivity index (χ4v) is 4.38. The second-order valence-corrected chi connectivity index (χ2v) is 9.18. The number of hydrogen-bond donors (Lipinski definition) is 1. The fraction of sp³-hybridized carbons (Fsp3) is 0.393. The number of carbonyl (C=O) groups is 2. The van der Waals surface area contributed by atoms with Crippen LogP contribution in [0.25, 0.3) is 11.5 Å². The van der Waals surface area contributed by atoms with Crippen molar-refractivity contribution in [2.45, 2.75) is 33.2 Å². The minimum absolute atomic E-state index is 0.0952. The molecule has 1 amide bonds. The second-order valence-electron chi connectivity index (χ2n) is 9.18. The predicted octanol–water partition coefficient (Wildman–Crippen LogP) is 3.39. The molecular formula is C28H34N4O3. The molecule has 7 nitrogen and oxygen atoms in total. The number of Topliss-reactive ketones (excluding diaryl/α,β-unsaturated/α-hetero) is 1. The average Bonchev–Trinajstić information content (AvgIpc) is 3.20. The molecule has 1 fully saturated rings. The van der Waals surface area contributed by atoms with E-state index in [0.717, 1.165) is 50.4 Å². The first kappa shape index (κ1) is 24.8. The third-order valence-electron chi connectivity index (χ3n) is 6.45. The minimum Gasteiger partial charge on any atom is -0.441 e. The lowest BCUT2D eigenvalue weighted by molar-refractivity contribution is -0.127. The Morgan fingerprint density at radius 2 is 1.63 bits per heavy atom. The molecule has 1 aromatic heterocycles. The average molecular weight is 475 g/mol. The van der Waals surface area contributed by atoms with Gasteiger partial charge in [-0.1, -0.05) is 48.5 Å². The molecule has 7 heteroatoms. The third-order valence-corrected chi connectivity index (χ3v) is 6.45. The van der Waals surface area contributed by atoms with Gasteiger partial charge in [-0.05, 0) is 31.0 Å². The molecule has 3 aromatic rings. The minimum atomic E-state index is -0.238. The number of amides is 1. The van der Waals surface area contributed by atoms with Crippen LogP contribution in [0.2, 0.25) is 0 Å². The number of rotatable bonds is 10. The Kier molecular flexibility index (Phi) is 8.45. The van der Waals surface area contributed by atoms with Crippen LogP contribution >= 0.6 is 0 Å². The Hall–Kier alpha value is -3.29. The molecule has 2 aromatic carbocycles. The smallest absolute Gasteiger partial charge is 0.227 e. The molecular weight excluding hydrogens is 440 g/mol. The monoisotopic (exact) mass is 474 g/mol. The number of ketones is 1. The summed E-state index contributed by atoms with van der Waals surface area (Å²) >= 11 is 0. The van der Waals surface area contributed by atoms with Crippen molar-refractivity contribution in [1.82, 2.24) is 20.1 Å². The number of aryl methyl sites for hydroxylation is 2. The zero-order valence-electron chi connectivity index (χ0n) is 20.6. The summed E-state index contributed by atoms with van der Waals surface area (Å²) < 4.78 is 5.79. The van der Waals surface area contributed by atoms with E-state index in [-0.39, 0.29) is 24.5 Å². The van der Waals surface area contributed by atoms with E-state index in [1.54, 1.807) is 6.92 Å². The number of benzene rings is 2. The van der Waals surface area contributed by atoms with Gasteiger partial charge in [0.1, 0.15) is 11.5 Å². The van der Waals surface area contributed by atoms with Gasteiger partial charge in [-0.15, -0.1) is 0 Å². The molecule has 0 spiro atoms. The van der Waals surface area contributed by atoms with Crippen LogP contribution < -0.4 is 5.32 Å². The fourth-order valence-electron chi connectivity index (χ4n) is 4.38. The molecule has 2 heterocycles.